The number of hydrogen-bond donors (Lipinski definition) is 1. The minimum absolute atomic E-state index is 0.0676. The molecule has 0 aliphatic rings. The molecule has 0 amide bonds. The van der Waals surface area contributed by atoms with Crippen LogP contribution in [-0.2, 0) is 6.42 Å². The summed E-state index contributed by atoms with van der Waals surface area (Å²) >= 11 is 5.80. The van der Waals surface area contributed by atoms with E-state index in [0.717, 1.165) is 17.7 Å². The third-order valence-electron chi connectivity index (χ3n) is 2.83. The van der Waals surface area contributed by atoms with Gasteiger partial charge in [-0.3, -0.25) is 4.98 Å². The molecular formula is C14H14ClFN2. The smallest absolute Gasteiger partial charge is 0.141 e. The first kappa shape index (κ1) is 13.0. The Morgan fingerprint density at radius 2 is 2.17 bits per heavy atom. The molecule has 0 radical (unpaired) electrons. The highest BCUT2D eigenvalue weighted by atomic mass is 35.5. The molecule has 0 aliphatic carbocycles. The monoisotopic (exact) mass is 264 g/mol. The van der Waals surface area contributed by atoms with Crippen molar-refractivity contribution in [1.29, 1.82) is 0 Å². The van der Waals surface area contributed by atoms with Gasteiger partial charge < -0.3 is 5.32 Å². The van der Waals surface area contributed by atoms with E-state index in [-0.39, 0.29) is 11.1 Å². The summed E-state index contributed by atoms with van der Waals surface area (Å²) in [7, 11) is 1.87. The third-order valence-corrected chi connectivity index (χ3v) is 3.12. The minimum Gasteiger partial charge on any atom is -0.313 e. The Balaban J connectivity index is 2.20. The second-order valence-electron chi connectivity index (χ2n) is 4.04. The van der Waals surface area contributed by atoms with Gasteiger partial charge in [0.2, 0.25) is 0 Å². The summed E-state index contributed by atoms with van der Waals surface area (Å²) in [5, 5.41) is 3.34. The van der Waals surface area contributed by atoms with Gasteiger partial charge in [0.15, 0.2) is 0 Å². The molecule has 2 aromatic rings. The zero-order valence-corrected chi connectivity index (χ0v) is 10.8. The van der Waals surface area contributed by atoms with Gasteiger partial charge in [0, 0.05) is 24.4 Å². The van der Waals surface area contributed by atoms with Gasteiger partial charge >= 0.3 is 0 Å². The number of pyridine rings is 1. The predicted octanol–water partition coefficient (Wildman–Crippen LogP) is 3.38. The van der Waals surface area contributed by atoms with Crippen LogP contribution >= 0.6 is 11.6 Å². The van der Waals surface area contributed by atoms with E-state index in [2.05, 4.69) is 10.3 Å². The van der Waals surface area contributed by atoms with Crippen molar-refractivity contribution >= 4 is 11.6 Å². The van der Waals surface area contributed by atoms with Gasteiger partial charge in [-0.05, 0) is 36.9 Å². The lowest BCUT2D eigenvalue weighted by molar-refractivity contribution is 0.579. The predicted molar refractivity (Wildman–Crippen MR) is 71.2 cm³/mol. The van der Waals surface area contributed by atoms with Crippen molar-refractivity contribution in [2.45, 2.75) is 12.5 Å². The quantitative estimate of drug-likeness (QED) is 0.916. The molecule has 0 aliphatic heterocycles. The van der Waals surface area contributed by atoms with E-state index in [1.807, 2.05) is 25.2 Å². The summed E-state index contributed by atoms with van der Waals surface area (Å²) in [6.45, 7) is 0. The van der Waals surface area contributed by atoms with E-state index in [4.69, 9.17) is 11.6 Å². The maximum atomic E-state index is 13.1. The van der Waals surface area contributed by atoms with Crippen LogP contribution in [-0.4, -0.2) is 12.0 Å². The number of aromatic nitrogens is 1. The van der Waals surface area contributed by atoms with Gasteiger partial charge in [-0.2, -0.15) is 0 Å². The molecule has 0 saturated carbocycles. The molecule has 94 valence electrons. The second-order valence-corrected chi connectivity index (χ2v) is 4.45. The van der Waals surface area contributed by atoms with Crippen LogP contribution in [0.2, 0.25) is 5.02 Å². The summed E-state index contributed by atoms with van der Waals surface area (Å²) in [5.41, 5.74) is 1.94. The fraction of sp³-hybridized carbons (Fsp3) is 0.214. The first-order valence-corrected chi connectivity index (χ1v) is 6.10. The molecule has 1 aromatic carbocycles. The molecule has 2 nitrogen and oxygen atoms in total. The number of rotatable bonds is 4. The van der Waals surface area contributed by atoms with Gasteiger partial charge in [0.25, 0.3) is 0 Å². The summed E-state index contributed by atoms with van der Waals surface area (Å²) in [5.74, 6) is -0.395. The Labute approximate surface area is 111 Å². The highest BCUT2D eigenvalue weighted by Gasteiger charge is 2.12. The third kappa shape index (κ3) is 3.06. The summed E-state index contributed by atoms with van der Waals surface area (Å²) < 4.78 is 13.1. The lowest BCUT2D eigenvalue weighted by Gasteiger charge is -2.16. The van der Waals surface area contributed by atoms with E-state index in [1.54, 1.807) is 18.3 Å². The van der Waals surface area contributed by atoms with Crippen LogP contribution in [0.25, 0.3) is 0 Å². The van der Waals surface area contributed by atoms with Crippen LogP contribution < -0.4 is 5.32 Å². The van der Waals surface area contributed by atoms with E-state index in [1.165, 1.54) is 6.07 Å². The fourth-order valence-electron chi connectivity index (χ4n) is 1.84. The number of hydrogen-bond acceptors (Lipinski definition) is 2. The number of likely N-dealkylation sites (N-methyl/N-ethyl adjacent to an activating group) is 1. The molecule has 1 heterocycles. The molecule has 0 fully saturated rings. The Morgan fingerprint density at radius 3 is 2.78 bits per heavy atom. The van der Waals surface area contributed by atoms with E-state index >= 15 is 0 Å². The van der Waals surface area contributed by atoms with Crippen molar-refractivity contribution in [3.05, 3.63) is 64.7 Å². The fourth-order valence-corrected chi connectivity index (χ4v) is 2.03. The highest BCUT2D eigenvalue weighted by molar-refractivity contribution is 6.30. The summed E-state index contributed by atoms with van der Waals surface area (Å²) in [6.07, 6.45) is 2.50. The van der Waals surface area contributed by atoms with Crippen molar-refractivity contribution in [2.75, 3.05) is 7.05 Å². The number of halogens is 2. The van der Waals surface area contributed by atoms with E-state index in [9.17, 15) is 4.39 Å². The van der Waals surface area contributed by atoms with Crippen LogP contribution in [0.15, 0.2) is 42.6 Å². The molecular weight excluding hydrogens is 251 g/mol. The number of nitrogens with one attached hydrogen (secondary N) is 1. The number of benzene rings is 1. The molecule has 0 spiro atoms. The van der Waals surface area contributed by atoms with Crippen LogP contribution in [0.3, 0.4) is 0 Å². The average molecular weight is 265 g/mol. The maximum Gasteiger partial charge on any atom is 0.141 e. The van der Waals surface area contributed by atoms with E-state index in [0.29, 0.717) is 0 Å². The Kier molecular flexibility index (Phi) is 4.28. The van der Waals surface area contributed by atoms with Gasteiger partial charge in [0.05, 0.1) is 5.02 Å². The Hall–Kier alpha value is -1.45. The van der Waals surface area contributed by atoms with Gasteiger partial charge in [-0.25, -0.2) is 4.39 Å². The van der Waals surface area contributed by atoms with Crippen molar-refractivity contribution in [3.8, 4) is 0 Å². The Morgan fingerprint density at radius 1 is 1.33 bits per heavy atom. The molecule has 1 unspecified atom stereocenters. The maximum absolute atomic E-state index is 13.1. The second kappa shape index (κ2) is 5.94. The highest BCUT2D eigenvalue weighted by Crippen LogP contribution is 2.22. The zero-order valence-electron chi connectivity index (χ0n) is 10.0. The number of nitrogens with zero attached hydrogens (tertiary/aromatic N) is 1. The SMILES string of the molecule is CNC(Cc1ccccn1)c1ccc(F)c(Cl)c1. The van der Waals surface area contributed by atoms with E-state index < -0.39 is 5.82 Å². The molecule has 0 bridgehead atoms. The van der Waals surface area contributed by atoms with Crippen LogP contribution in [0, 0.1) is 5.82 Å². The van der Waals surface area contributed by atoms with Crippen molar-refractivity contribution in [2.24, 2.45) is 0 Å². The Bertz CT molecular complexity index is 516. The minimum atomic E-state index is -0.395. The molecule has 18 heavy (non-hydrogen) atoms. The molecule has 4 heteroatoms. The lowest BCUT2D eigenvalue weighted by Crippen LogP contribution is -2.19. The average Bonchev–Trinajstić information content (AvgIpc) is 2.40. The van der Waals surface area contributed by atoms with Gasteiger partial charge in [0.1, 0.15) is 5.82 Å². The van der Waals surface area contributed by atoms with Crippen LogP contribution in [0.4, 0.5) is 4.39 Å². The van der Waals surface area contributed by atoms with Crippen molar-refractivity contribution in [3.63, 3.8) is 0 Å². The first-order valence-electron chi connectivity index (χ1n) is 5.73. The zero-order chi connectivity index (χ0) is 13.0. The molecule has 1 atom stereocenters. The van der Waals surface area contributed by atoms with Crippen molar-refractivity contribution in [1.82, 2.24) is 10.3 Å². The van der Waals surface area contributed by atoms with Gasteiger partial charge in [-0.15, -0.1) is 0 Å². The normalized spacial score (nSPS) is 12.4. The van der Waals surface area contributed by atoms with Crippen LogP contribution in [0.1, 0.15) is 17.3 Å². The summed E-state index contributed by atoms with van der Waals surface area (Å²) in [6, 6.07) is 10.7. The molecule has 2 rings (SSSR count). The lowest BCUT2D eigenvalue weighted by atomic mass is 10.0. The standard InChI is InChI=1S/C14H14ClFN2/c1-17-14(9-11-4-2-3-7-18-11)10-5-6-13(16)12(15)8-10/h2-8,14,17H,9H2,1H3. The largest absolute Gasteiger partial charge is 0.313 e. The van der Waals surface area contributed by atoms with Gasteiger partial charge in [-0.1, -0.05) is 23.7 Å². The molecule has 0 saturated heterocycles. The van der Waals surface area contributed by atoms with Crippen molar-refractivity contribution < 1.29 is 4.39 Å². The summed E-state index contributed by atoms with van der Waals surface area (Å²) in [4.78, 5) is 4.28. The molecule has 1 N–H and O–H groups in total. The van der Waals surface area contributed by atoms with Crippen LogP contribution in [0.5, 0.6) is 0 Å². The topological polar surface area (TPSA) is 24.9 Å². The first-order chi connectivity index (χ1) is 8.70. The molecule has 1 aromatic heterocycles.